The number of aromatic nitrogens is 1. The first-order chi connectivity index (χ1) is 5.72. The van der Waals surface area contributed by atoms with Crippen molar-refractivity contribution in [2.45, 2.75) is 39.2 Å². The van der Waals surface area contributed by atoms with Crippen LogP contribution in [0.3, 0.4) is 0 Å². The van der Waals surface area contributed by atoms with Gasteiger partial charge in [0.1, 0.15) is 5.76 Å². The standard InChI is InChI=1S/C9H16N2O/c1-3-4-8(10)5-9-6-11-7(2)12-9/h6,8H,3-5,10H2,1-2H3. The fraction of sp³-hybridized carbons (Fsp3) is 0.667. The topological polar surface area (TPSA) is 52.0 Å². The fourth-order valence-electron chi connectivity index (χ4n) is 1.23. The number of nitrogens with two attached hydrogens (primary N) is 1. The Morgan fingerprint density at radius 1 is 1.67 bits per heavy atom. The van der Waals surface area contributed by atoms with Gasteiger partial charge < -0.3 is 10.2 Å². The van der Waals surface area contributed by atoms with Crippen molar-refractivity contribution in [3.63, 3.8) is 0 Å². The highest BCUT2D eigenvalue weighted by atomic mass is 16.3. The molecule has 1 aromatic heterocycles. The van der Waals surface area contributed by atoms with E-state index >= 15 is 0 Å². The third-order valence-corrected chi connectivity index (χ3v) is 1.79. The Hall–Kier alpha value is -0.830. The van der Waals surface area contributed by atoms with Crippen LogP contribution in [0, 0.1) is 6.92 Å². The van der Waals surface area contributed by atoms with Crippen LogP contribution in [0.15, 0.2) is 10.6 Å². The summed E-state index contributed by atoms with van der Waals surface area (Å²) in [6.07, 6.45) is 4.72. The van der Waals surface area contributed by atoms with Crippen LogP contribution in [0.5, 0.6) is 0 Å². The summed E-state index contributed by atoms with van der Waals surface area (Å²) in [4.78, 5) is 4.01. The minimum Gasteiger partial charge on any atom is -0.446 e. The predicted octanol–water partition coefficient (Wildman–Crippen LogP) is 1.65. The van der Waals surface area contributed by atoms with Gasteiger partial charge in [-0.3, -0.25) is 0 Å². The van der Waals surface area contributed by atoms with E-state index in [1.165, 1.54) is 0 Å². The first-order valence-corrected chi connectivity index (χ1v) is 4.39. The highest BCUT2D eigenvalue weighted by molar-refractivity contribution is 4.95. The fourth-order valence-corrected chi connectivity index (χ4v) is 1.23. The molecule has 1 heterocycles. The quantitative estimate of drug-likeness (QED) is 0.743. The molecule has 0 aliphatic carbocycles. The number of oxazole rings is 1. The Balaban J connectivity index is 2.41. The van der Waals surface area contributed by atoms with Crippen molar-refractivity contribution in [2.75, 3.05) is 0 Å². The van der Waals surface area contributed by atoms with Crippen molar-refractivity contribution in [3.05, 3.63) is 17.8 Å². The monoisotopic (exact) mass is 168 g/mol. The van der Waals surface area contributed by atoms with Crippen LogP contribution in [0.4, 0.5) is 0 Å². The average molecular weight is 168 g/mol. The van der Waals surface area contributed by atoms with Crippen molar-refractivity contribution >= 4 is 0 Å². The van der Waals surface area contributed by atoms with E-state index in [0.717, 1.165) is 25.0 Å². The summed E-state index contributed by atoms with van der Waals surface area (Å²) < 4.78 is 5.31. The molecular formula is C9H16N2O. The predicted molar refractivity (Wildman–Crippen MR) is 47.8 cm³/mol. The van der Waals surface area contributed by atoms with Crippen LogP contribution in [-0.2, 0) is 6.42 Å². The SMILES string of the molecule is CCCC(N)Cc1cnc(C)o1. The van der Waals surface area contributed by atoms with Gasteiger partial charge >= 0.3 is 0 Å². The Bertz CT molecular complexity index is 232. The van der Waals surface area contributed by atoms with E-state index in [-0.39, 0.29) is 6.04 Å². The Morgan fingerprint density at radius 2 is 2.42 bits per heavy atom. The highest BCUT2D eigenvalue weighted by Crippen LogP contribution is 2.07. The van der Waals surface area contributed by atoms with Gasteiger partial charge in [-0.25, -0.2) is 4.98 Å². The van der Waals surface area contributed by atoms with Crippen molar-refractivity contribution in [1.82, 2.24) is 4.98 Å². The largest absolute Gasteiger partial charge is 0.446 e. The van der Waals surface area contributed by atoms with Gasteiger partial charge in [-0.15, -0.1) is 0 Å². The number of rotatable bonds is 4. The van der Waals surface area contributed by atoms with Crippen molar-refractivity contribution in [1.29, 1.82) is 0 Å². The van der Waals surface area contributed by atoms with E-state index in [0.29, 0.717) is 5.89 Å². The molecule has 3 heteroatoms. The molecule has 12 heavy (non-hydrogen) atoms. The molecule has 0 aromatic carbocycles. The normalized spacial score (nSPS) is 13.2. The molecule has 1 aromatic rings. The second-order valence-electron chi connectivity index (χ2n) is 3.10. The van der Waals surface area contributed by atoms with Gasteiger partial charge in [0.05, 0.1) is 6.20 Å². The molecule has 0 fully saturated rings. The lowest BCUT2D eigenvalue weighted by molar-refractivity contribution is 0.449. The first-order valence-electron chi connectivity index (χ1n) is 4.39. The number of aryl methyl sites for hydroxylation is 1. The van der Waals surface area contributed by atoms with Crippen LogP contribution in [0.2, 0.25) is 0 Å². The second kappa shape index (κ2) is 4.26. The molecule has 0 aliphatic rings. The van der Waals surface area contributed by atoms with Gasteiger partial charge in [0.25, 0.3) is 0 Å². The molecular weight excluding hydrogens is 152 g/mol. The van der Waals surface area contributed by atoms with Crippen LogP contribution in [0.1, 0.15) is 31.4 Å². The molecule has 1 unspecified atom stereocenters. The molecule has 0 saturated heterocycles. The smallest absolute Gasteiger partial charge is 0.191 e. The number of nitrogens with zero attached hydrogens (tertiary/aromatic N) is 1. The van der Waals surface area contributed by atoms with Crippen LogP contribution in [0.25, 0.3) is 0 Å². The molecule has 0 amide bonds. The van der Waals surface area contributed by atoms with E-state index < -0.39 is 0 Å². The summed E-state index contributed by atoms with van der Waals surface area (Å²) in [5.41, 5.74) is 5.84. The van der Waals surface area contributed by atoms with Gasteiger partial charge in [-0.05, 0) is 6.42 Å². The molecule has 0 spiro atoms. The molecule has 1 rings (SSSR count). The zero-order chi connectivity index (χ0) is 8.97. The molecule has 0 saturated carbocycles. The third kappa shape index (κ3) is 2.66. The highest BCUT2D eigenvalue weighted by Gasteiger charge is 2.06. The van der Waals surface area contributed by atoms with E-state index in [1.54, 1.807) is 6.20 Å². The average Bonchev–Trinajstić information content (AvgIpc) is 2.36. The maximum atomic E-state index is 5.84. The van der Waals surface area contributed by atoms with Crippen LogP contribution < -0.4 is 5.73 Å². The second-order valence-corrected chi connectivity index (χ2v) is 3.10. The van der Waals surface area contributed by atoms with E-state index in [2.05, 4.69) is 11.9 Å². The van der Waals surface area contributed by atoms with Gasteiger partial charge in [-0.1, -0.05) is 13.3 Å². The lowest BCUT2D eigenvalue weighted by atomic mass is 10.1. The summed E-state index contributed by atoms with van der Waals surface area (Å²) in [6.45, 7) is 3.97. The van der Waals surface area contributed by atoms with Crippen molar-refractivity contribution in [2.24, 2.45) is 5.73 Å². The number of hydrogen-bond acceptors (Lipinski definition) is 3. The molecule has 0 aliphatic heterocycles. The molecule has 1 atom stereocenters. The molecule has 2 N–H and O–H groups in total. The summed E-state index contributed by atoms with van der Waals surface area (Å²) in [6, 6.07) is 0.211. The molecule has 0 radical (unpaired) electrons. The minimum absolute atomic E-state index is 0.211. The summed E-state index contributed by atoms with van der Waals surface area (Å²) in [5, 5.41) is 0. The minimum atomic E-state index is 0.211. The van der Waals surface area contributed by atoms with Crippen LogP contribution >= 0.6 is 0 Å². The summed E-state index contributed by atoms with van der Waals surface area (Å²) in [5.74, 6) is 1.61. The van der Waals surface area contributed by atoms with Crippen molar-refractivity contribution in [3.8, 4) is 0 Å². The van der Waals surface area contributed by atoms with E-state index in [9.17, 15) is 0 Å². The zero-order valence-electron chi connectivity index (χ0n) is 7.71. The molecule has 0 bridgehead atoms. The van der Waals surface area contributed by atoms with E-state index in [4.69, 9.17) is 10.2 Å². The van der Waals surface area contributed by atoms with Crippen molar-refractivity contribution < 1.29 is 4.42 Å². The third-order valence-electron chi connectivity index (χ3n) is 1.79. The zero-order valence-corrected chi connectivity index (χ0v) is 7.71. The maximum Gasteiger partial charge on any atom is 0.191 e. The maximum absolute atomic E-state index is 5.84. The molecule has 68 valence electrons. The van der Waals surface area contributed by atoms with E-state index in [1.807, 2.05) is 6.92 Å². The van der Waals surface area contributed by atoms with Gasteiger partial charge in [0, 0.05) is 19.4 Å². The lowest BCUT2D eigenvalue weighted by Gasteiger charge is -2.06. The van der Waals surface area contributed by atoms with Gasteiger partial charge in [-0.2, -0.15) is 0 Å². The summed E-state index contributed by atoms with van der Waals surface area (Å²) in [7, 11) is 0. The first kappa shape index (κ1) is 9.26. The molecule has 3 nitrogen and oxygen atoms in total. The van der Waals surface area contributed by atoms with Gasteiger partial charge in [0.15, 0.2) is 5.89 Å². The van der Waals surface area contributed by atoms with Crippen LogP contribution in [-0.4, -0.2) is 11.0 Å². The number of hydrogen-bond donors (Lipinski definition) is 1. The summed E-state index contributed by atoms with van der Waals surface area (Å²) >= 11 is 0. The lowest BCUT2D eigenvalue weighted by Crippen LogP contribution is -2.21. The Kier molecular flexibility index (Phi) is 3.29. The van der Waals surface area contributed by atoms with Gasteiger partial charge in [0.2, 0.25) is 0 Å². The Labute approximate surface area is 73.0 Å². The Morgan fingerprint density at radius 3 is 2.92 bits per heavy atom.